The van der Waals surface area contributed by atoms with Crippen LogP contribution in [0.15, 0.2) is 48.7 Å². The number of thiocarbonyl (C=S) groups is 1. The SMILES string of the molecule is Cc1ccccc1CCN1C=CC=CC1(NC(N)=S)C(F)(F)F. The quantitative estimate of drug-likeness (QED) is 0.826. The van der Waals surface area contributed by atoms with E-state index in [-0.39, 0.29) is 6.54 Å². The minimum atomic E-state index is -4.58. The molecule has 1 aliphatic heterocycles. The molecule has 1 unspecified atom stereocenters. The lowest BCUT2D eigenvalue weighted by Crippen LogP contribution is -2.68. The number of rotatable bonds is 4. The summed E-state index contributed by atoms with van der Waals surface area (Å²) >= 11 is 4.65. The molecule has 1 atom stereocenters. The zero-order valence-electron chi connectivity index (χ0n) is 12.6. The first-order valence-corrected chi connectivity index (χ1v) is 7.49. The normalized spacial score (nSPS) is 20.6. The molecule has 7 heteroatoms. The Morgan fingerprint density at radius 1 is 1.30 bits per heavy atom. The van der Waals surface area contributed by atoms with Crippen molar-refractivity contribution < 1.29 is 13.2 Å². The summed E-state index contributed by atoms with van der Waals surface area (Å²) in [6, 6.07) is 7.62. The molecular weight excluding hydrogens is 323 g/mol. The Morgan fingerprint density at radius 3 is 2.61 bits per heavy atom. The van der Waals surface area contributed by atoms with Crippen molar-refractivity contribution in [3.05, 3.63) is 59.8 Å². The molecule has 0 aromatic heterocycles. The highest BCUT2D eigenvalue weighted by Crippen LogP contribution is 2.36. The molecule has 124 valence electrons. The first kappa shape index (κ1) is 17.3. The topological polar surface area (TPSA) is 41.3 Å². The molecule has 0 amide bonds. The minimum absolute atomic E-state index is 0.167. The van der Waals surface area contributed by atoms with Crippen LogP contribution in [0.2, 0.25) is 0 Å². The molecule has 0 saturated carbocycles. The first-order chi connectivity index (χ1) is 10.8. The van der Waals surface area contributed by atoms with Crippen molar-refractivity contribution in [2.24, 2.45) is 5.73 Å². The Labute approximate surface area is 138 Å². The zero-order valence-corrected chi connectivity index (χ0v) is 13.4. The fraction of sp³-hybridized carbons (Fsp3) is 0.312. The number of halogens is 3. The standard InChI is InChI=1S/C16H18F3N3S/c1-12-6-2-3-7-13(12)8-11-22-10-5-4-9-15(22,16(17,18)19)21-14(20)23/h2-7,9-10H,8,11H2,1H3,(H3,20,21,23). The van der Waals surface area contributed by atoms with Crippen LogP contribution < -0.4 is 11.1 Å². The van der Waals surface area contributed by atoms with Crippen LogP contribution >= 0.6 is 12.2 Å². The monoisotopic (exact) mass is 341 g/mol. The number of nitrogens with two attached hydrogens (primary N) is 1. The predicted octanol–water partition coefficient (Wildman–Crippen LogP) is 3.01. The Morgan fingerprint density at radius 2 is 2.00 bits per heavy atom. The molecule has 1 aliphatic rings. The van der Waals surface area contributed by atoms with Gasteiger partial charge in [0.05, 0.1) is 0 Å². The molecule has 0 bridgehead atoms. The van der Waals surface area contributed by atoms with E-state index in [0.29, 0.717) is 6.42 Å². The molecular formula is C16H18F3N3S. The fourth-order valence-electron chi connectivity index (χ4n) is 2.57. The highest BCUT2D eigenvalue weighted by molar-refractivity contribution is 7.80. The van der Waals surface area contributed by atoms with Gasteiger partial charge in [0.25, 0.3) is 0 Å². The van der Waals surface area contributed by atoms with Crippen LogP contribution in [-0.4, -0.2) is 28.4 Å². The van der Waals surface area contributed by atoms with E-state index in [1.165, 1.54) is 17.2 Å². The van der Waals surface area contributed by atoms with Gasteiger partial charge in [-0.1, -0.05) is 30.3 Å². The highest BCUT2D eigenvalue weighted by atomic mass is 32.1. The van der Waals surface area contributed by atoms with Gasteiger partial charge in [-0.3, -0.25) is 0 Å². The lowest BCUT2D eigenvalue weighted by Gasteiger charge is -2.44. The third-order valence-electron chi connectivity index (χ3n) is 3.80. The van der Waals surface area contributed by atoms with Gasteiger partial charge in [-0.25, -0.2) is 0 Å². The molecule has 23 heavy (non-hydrogen) atoms. The number of benzene rings is 1. The Balaban J connectivity index is 2.27. The highest BCUT2D eigenvalue weighted by Gasteiger charge is 2.57. The number of nitrogens with zero attached hydrogens (tertiary/aromatic N) is 1. The molecule has 0 saturated heterocycles. The van der Waals surface area contributed by atoms with E-state index in [1.54, 1.807) is 6.08 Å². The lowest BCUT2D eigenvalue weighted by atomic mass is 10.0. The van der Waals surface area contributed by atoms with Crippen molar-refractivity contribution in [3.8, 4) is 0 Å². The smallest absolute Gasteiger partial charge is 0.376 e. The summed E-state index contributed by atoms with van der Waals surface area (Å²) in [7, 11) is 0. The minimum Gasteiger partial charge on any atom is -0.376 e. The van der Waals surface area contributed by atoms with Gasteiger partial charge in [0, 0.05) is 12.7 Å². The summed E-state index contributed by atoms with van der Waals surface area (Å²) in [6.45, 7) is 2.10. The summed E-state index contributed by atoms with van der Waals surface area (Å²) in [5, 5.41) is 1.81. The molecule has 0 radical (unpaired) electrons. The third-order valence-corrected chi connectivity index (χ3v) is 3.90. The number of nitrogens with one attached hydrogen (secondary N) is 1. The summed E-state index contributed by atoms with van der Waals surface area (Å²) in [5.74, 6) is 0. The molecule has 3 N–H and O–H groups in total. The first-order valence-electron chi connectivity index (χ1n) is 7.08. The van der Waals surface area contributed by atoms with Gasteiger partial charge in [0.2, 0.25) is 5.66 Å². The molecule has 1 heterocycles. The Hall–Kier alpha value is -2.02. The maximum Gasteiger partial charge on any atom is 0.434 e. The van der Waals surface area contributed by atoms with Gasteiger partial charge in [-0.2, -0.15) is 13.2 Å². The molecule has 1 aromatic rings. The predicted molar refractivity (Wildman–Crippen MR) is 88.6 cm³/mol. The van der Waals surface area contributed by atoms with Crippen molar-refractivity contribution in [2.75, 3.05) is 6.54 Å². The van der Waals surface area contributed by atoms with Gasteiger partial charge in [-0.05, 0) is 48.8 Å². The van der Waals surface area contributed by atoms with Crippen LogP contribution in [0.5, 0.6) is 0 Å². The van der Waals surface area contributed by atoms with Crippen LogP contribution in [0.4, 0.5) is 13.2 Å². The average Bonchev–Trinajstić information content (AvgIpc) is 2.46. The third kappa shape index (κ3) is 3.67. The molecule has 0 spiro atoms. The van der Waals surface area contributed by atoms with Crippen LogP contribution in [0.25, 0.3) is 0 Å². The Bertz CT molecular complexity index is 640. The second-order valence-electron chi connectivity index (χ2n) is 5.32. The number of alkyl halides is 3. The van der Waals surface area contributed by atoms with Crippen LogP contribution in [-0.2, 0) is 6.42 Å². The number of hydrogen-bond acceptors (Lipinski definition) is 2. The number of aryl methyl sites for hydroxylation is 1. The van der Waals surface area contributed by atoms with E-state index >= 15 is 0 Å². The summed E-state index contributed by atoms with van der Waals surface area (Å²) in [5.41, 5.74) is 4.96. The number of allylic oxidation sites excluding steroid dienone is 2. The van der Waals surface area contributed by atoms with E-state index in [0.717, 1.165) is 17.2 Å². The van der Waals surface area contributed by atoms with Gasteiger partial charge in [-0.15, -0.1) is 0 Å². The van der Waals surface area contributed by atoms with Crippen molar-refractivity contribution in [3.63, 3.8) is 0 Å². The second-order valence-corrected chi connectivity index (χ2v) is 5.76. The largest absolute Gasteiger partial charge is 0.434 e. The fourth-order valence-corrected chi connectivity index (χ4v) is 2.73. The van der Waals surface area contributed by atoms with Crippen LogP contribution in [0, 0.1) is 6.92 Å². The van der Waals surface area contributed by atoms with Crippen molar-refractivity contribution in [1.29, 1.82) is 0 Å². The van der Waals surface area contributed by atoms with Gasteiger partial charge >= 0.3 is 6.18 Å². The average molecular weight is 341 g/mol. The number of hydrogen-bond donors (Lipinski definition) is 2. The molecule has 1 aromatic carbocycles. The van der Waals surface area contributed by atoms with Gasteiger partial charge in [0.1, 0.15) is 0 Å². The molecule has 0 aliphatic carbocycles. The molecule has 0 fully saturated rings. The van der Waals surface area contributed by atoms with E-state index in [9.17, 15) is 13.2 Å². The van der Waals surface area contributed by atoms with E-state index in [1.807, 2.05) is 31.2 Å². The molecule has 2 rings (SSSR count). The maximum absolute atomic E-state index is 13.7. The van der Waals surface area contributed by atoms with Gasteiger partial charge in [0.15, 0.2) is 5.11 Å². The Kier molecular flexibility index (Phi) is 4.99. The van der Waals surface area contributed by atoms with E-state index in [4.69, 9.17) is 5.73 Å². The second kappa shape index (κ2) is 6.62. The molecule has 3 nitrogen and oxygen atoms in total. The van der Waals surface area contributed by atoms with Crippen LogP contribution in [0.3, 0.4) is 0 Å². The summed E-state index contributed by atoms with van der Waals surface area (Å²) in [4.78, 5) is 1.18. The van der Waals surface area contributed by atoms with Crippen molar-refractivity contribution in [2.45, 2.75) is 25.2 Å². The van der Waals surface area contributed by atoms with E-state index < -0.39 is 17.0 Å². The lowest BCUT2D eigenvalue weighted by molar-refractivity contribution is -0.213. The summed E-state index contributed by atoms with van der Waals surface area (Å²) < 4.78 is 41.1. The van der Waals surface area contributed by atoms with Crippen LogP contribution in [0.1, 0.15) is 11.1 Å². The maximum atomic E-state index is 13.7. The zero-order chi connectivity index (χ0) is 17.1. The van der Waals surface area contributed by atoms with Crippen molar-refractivity contribution in [1.82, 2.24) is 10.2 Å². The summed E-state index contributed by atoms with van der Waals surface area (Å²) in [6.07, 6.45) is 1.22. The van der Waals surface area contributed by atoms with Gasteiger partial charge < -0.3 is 16.0 Å². The van der Waals surface area contributed by atoms with E-state index in [2.05, 4.69) is 17.5 Å². The van der Waals surface area contributed by atoms with Crippen molar-refractivity contribution >= 4 is 17.3 Å².